The maximum absolute atomic E-state index is 10.4. The number of rotatable bonds is 21. The Bertz CT molecular complexity index is 343. The molecule has 168 valence electrons. The summed E-state index contributed by atoms with van der Waals surface area (Å²) in [6.45, 7) is 3.97. The second-order valence-electron chi connectivity index (χ2n) is 8.59. The molecule has 0 heterocycles. The van der Waals surface area contributed by atoms with Crippen molar-refractivity contribution >= 4 is 0 Å². The van der Waals surface area contributed by atoms with E-state index in [1.807, 2.05) is 6.08 Å². The lowest BCUT2D eigenvalue weighted by Crippen LogP contribution is -2.43. The van der Waals surface area contributed by atoms with Gasteiger partial charge in [-0.2, -0.15) is 0 Å². The lowest BCUT2D eigenvalue weighted by Gasteiger charge is -2.28. The third kappa shape index (κ3) is 15.5. The van der Waals surface area contributed by atoms with Crippen molar-refractivity contribution in [2.75, 3.05) is 6.61 Å². The number of unbranched alkanes of at least 4 members (excludes halogenated alkanes) is 15. The largest absolute Gasteiger partial charge is 0.393 e. The molecule has 0 aromatic heterocycles. The van der Waals surface area contributed by atoms with Crippen LogP contribution in [0.1, 0.15) is 129 Å². The van der Waals surface area contributed by atoms with E-state index < -0.39 is 18.3 Å². The van der Waals surface area contributed by atoms with Crippen LogP contribution in [0, 0.1) is 0 Å². The van der Waals surface area contributed by atoms with Crippen molar-refractivity contribution < 1.29 is 15.3 Å². The predicted molar refractivity (Wildman–Crippen MR) is 122 cm³/mol. The Hall–Kier alpha value is -0.380. The molecular formula is C25H50O3. The summed E-state index contributed by atoms with van der Waals surface area (Å²) in [7, 11) is 0. The summed E-state index contributed by atoms with van der Waals surface area (Å²) in [5.41, 5.74) is -1.48. The summed E-state index contributed by atoms with van der Waals surface area (Å²) in [6, 6.07) is 0. The van der Waals surface area contributed by atoms with Crippen LogP contribution < -0.4 is 0 Å². The molecule has 3 nitrogen and oxygen atoms in total. The molecule has 3 N–H and O–H groups in total. The third-order valence-electron chi connectivity index (χ3n) is 5.79. The molecule has 2 atom stereocenters. The molecule has 0 fully saturated rings. The summed E-state index contributed by atoms with van der Waals surface area (Å²) in [4.78, 5) is 0. The Morgan fingerprint density at radius 3 is 1.54 bits per heavy atom. The molecule has 0 radical (unpaired) electrons. The van der Waals surface area contributed by atoms with Crippen molar-refractivity contribution in [3.63, 3.8) is 0 Å². The summed E-state index contributed by atoms with van der Waals surface area (Å²) in [5.74, 6) is 0. The molecule has 28 heavy (non-hydrogen) atoms. The molecular weight excluding hydrogens is 348 g/mol. The van der Waals surface area contributed by atoms with Crippen LogP contribution in [-0.4, -0.2) is 33.6 Å². The van der Waals surface area contributed by atoms with Gasteiger partial charge >= 0.3 is 0 Å². The molecule has 0 aromatic rings. The quantitative estimate of drug-likeness (QED) is 0.149. The fraction of sp³-hybridized carbons (Fsp3) is 0.920. The first kappa shape index (κ1) is 27.6. The Balaban J connectivity index is 3.57. The minimum absolute atomic E-state index is 0.421. The number of aliphatic hydroxyl groups excluding tert-OH is 2. The monoisotopic (exact) mass is 398 g/mol. The van der Waals surface area contributed by atoms with Crippen molar-refractivity contribution in [1.29, 1.82) is 0 Å². The van der Waals surface area contributed by atoms with E-state index in [9.17, 15) is 15.3 Å². The van der Waals surface area contributed by atoms with Crippen LogP contribution in [0.2, 0.25) is 0 Å². The fourth-order valence-electron chi connectivity index (χ4n) is 3.66. The molecule has 0 saturated heterocycles. The highest BCUT2D eigenvalue weighted by molar-refractivity contribution is 5.05. The maximum Gasteiger partial charge on any atom is 0.131 e. The maximum atomic E-state index is 10.4. The molecule has 0 amide bonds. The molecule has 0 saturated carbocycles. The average Bonchev–Trinajstić information content (AvgIpc) is 2.71. The topological polar surface area (TPSA) is 60.7 Å². The summed E-state index contributed by atoms with van der Waals surface area (Å²) >= 11 is 0. The zero-order valence-electron chi connectivity index (χ0n) is 19.0. The molecule has 0 aliphatic heterocycles. The van der Waals surface area contributed by atoms with Crippen LogP contribution >= 0.6 is 0 Å². The van der Waals surface area contributed by atoms with Crippen LogP contribution in [0.15, 0.2) is 12.2 Å². The first-order chi connectivity index (χ1) is 13.6. The number of aliphatic hydroxyl groups is 3. The highest BCUT2D eigenvalue weighted by Crippen LogP contribution is 2.20. The average molecular weight is 399 g/mol. The Labute approximate surface area is 175 Å². The summed E-state index contributed by atoms with van der Waals surface area (Å²) < 4.78 is 0. The molecule has 0 unspecified atom stereocenters. The zero-order chi connectivity index (χ0) is 20.9. The van der Waals surface area contributed by atoms with E-state index in [0.29, 0.717) is 6.42 Å². The second kappa shape index (κ2) is 19.9. The van der Waals surface area contributed by atoms with Gasteiger partial charge in [-0.05, 0) is 12.8 Å². The van der Waals surface area contributed by atoms with Gasteiger partial charge in [0, 0.05) is 0 Å². The molecule has 0 rings (SSSR count). The molecule has 0 aliphatic rings. The Morgan fingerprint density at radius 1 is 0.679 bits per heavy atom. The number of hydrogen-bond acceptors (Lipinski definition) is 3. The minimum Gasteiger partial charge on any atom is -0.393 e. The van der Waals surface area contributed by atoms with Crippen LogP contribution in [0.3, 0.4) is 0 Å². The number of hydrogen-bond donors (Lipinski definition) is 3. The van der Waals surface area contributed by atoms with Gasteiger partial charge in [0.25, 0.3) is 0 Å². The van der Waals surface area contributed by atoms with Gasteiger partial charge in [-0.15, -0.1) is 0 Å². The fourth-order valence-corrected chi connectivity index (χ4v) is 3.66. The normalized spacial score (nSPS) is 15.2. The van der Waals surface area contributed by atoms with Crippen LogP contribution in [0.5, 0.6) is 0 Å². The van der Waals surface area contributed by atoms with E-state index in [1.165, 1.54) is 77.0 Å². The van der Waals surface area contributed by atoms with E-state index in [4.69, 9.17) is 0 Å². The van der Waals surface area contributed by atoms with E-state index >= 15 is 0 Å². The second-order valence-corrected chi connectivity index (χ2v) is 8.59. The predicted octanol–water partition coefficient (Wildman–Crippen LogP) is 6.69. The van der Waals surface area contributed by atoms with Crippen LogP contribution in [0.4, 0.5) is 0 Å². The Morgan fingerprint density at radius 2 is 1.11 bits per heavy atom. The zero-order valence-corrected chi connectivity index (χ0v) is 19.0. The minimum atomic E-state index is -1.48. The lowest BCUT2D eigenvalue weighted by molar-refractivity contribution is -0.0747. The molecule has 0 aromatic carbocycles. The smallest absolute Gasteiger partial charge is 0.131 e. The molecule has 0 aliphatic carbocycles. The summed E-state index contributed by atoms with van der Waals surface area (Å²) in [6.07, 6.45) is 24.5. The highest BCUT2D eigenvalue weighted by Gasteiger charge is 2.31. The van der Waals surface area contributed by atoms with Crippen LogP contribution in [-0.2, 0) is 0 Å². The van der Waals surface area contributed by atoms with E-state index in [-0.39, 0.29) is 0 Å². The van der Waals surface area contributed by atoms with Gasteiger partial charge < -0.3 is 15.3 Å². The van der Waals surface area contributed by atoms with Crippen LogP contribution in [0.25, 0.3) is 0 Å². The third-order valence-corrected chi connectivity index (χ3v) is 5.79. The van der Waals surface area contributed by atoms with Gasteiger partial charge in [0.05, 0.1) is 12.7 Å². The van der Waals surface area contributed by atoms with Gasteiger partial charge in [-0.3, -0.25) is 0 Å². The van der Waals surface area contributed by atoms with Gasteiger partial charge in [0.15, 0.2) is 0 Å². The first-order valence-corrected chi connectivity index (χ1v) is 12.3. The van der Waals surface area contributed by atoms with Crippen molar-refractivity contribution in [1.82, 2.24) is 0 Å². The Kier molecular flexibility index (Phi) is 19.6. The van der Waals surface area contributed by atoms with E-state index in [1.54, 1.807) is 6.08 Å². The van der Waals surface area contributed by atoms with Crippen molar-refractivity contribution in [2.45, 2.75) is 141 Å². The molecule has 0 bridgehead atoms. The van der Waals surface area contributed by atoms with E-state index in [2.05, 4.69) is 13.8 Å². The van der Waals surface area contributed by atoms with E-state index in [0.717, 1.165) is 32.1 Å². The van der Waals surface area contributed by atoms with Crippen molar-refractivity contribution in [2.24, 2.45) is 0 Å². The molecule has 0 spiro atoms. The summed E-state index contributed by atoms with van der Waals surface area (Å²) in [5, 5.41) is 30.1. The van der Waals surface area contributed by atoms with Gasteiger partial charge in [0.2, 0.25) is 0 Å². The molecule has 3 heteroatoms. The van der Waals surface area contributed by atoms with Gasteiger partial charge in [-0.25, -0.2) is 0 Å². The van der Waals surface area contributed by atoms with Crippen molar-refractivity contribution in [3.05, 3.63) is 12.2 Å². The highest BCUT2D eigenvalue weighted by atomic mass is 16.4. The van der Waals surface area contributed by atoms with Gasteiger partial charge in [-0.1, -0.05) is 129 Å². The lowest BCUT2D eigenvalue weighted by atomic mass is 9.92. The first-order valence-electron chi connectivity index (χ1n) is 12.3. The standard InChI is InChI=1S/C25H50O3/c1-3-5-7-9-10-11-12-13-14-15-16-17-18-19-21-24(27)25(28,23-26)22-20-8-6-4-2/h20,22,24,26-28H,3-19,21,23H2,1-2H3/b22-20+/t24-,25-/m1/s1. The SMILES string of the molecule is CCCC/C=C/[C@@](O)(CO)[C@H](O)CCCCCCCCCCCCCCCC. The van der Waals surface area contributed by atoms with Crippen molar-refractivity contribution in [3.8, 4) is 0 Å². The number of allylic oxidation sites excluding steroid dienone is 1. The van der Waals surface area contributed by atoms with Gasteiger partial charge in [0.1, 0.15) is 5.60 Å².